The molecule has 0 amide bonds. The van der Waals surface area contributed by atoms with Crippen LogP contribution in [0, 0.1) is 27.7 Å². The zero-order valence-electron chi connectivity index (χ0n) is 17.4. The van der Waals surface area contributed by atoms with Crippen LogP contribution in [0.4, 0.5) is 0 Å². The number of ether oxygens (including phenoxy) is 4. The largest absolute Gasteiger partial charge is 0.493 e. The lowest BCUT2D eigenvalue weighted by atomic mass is 9.92. The van der Waals surface area contributed by atoms with Crippen LogP contribution in [0.3, 0.4) is 0 Å². The summed E-state index contributed by atoms with van der Waals surface area (Å²) in [5.74, 6) is 0.159. The highest BCUT2D eigenvalue weighted by atomic mass is 16.5. The molecule has 0 aliphatic rings. The smallest absolute Gasteiger partial charge is 0.338 e. The van der Waals surface area contributed by atoms with Crippen molar-refractivity contribution in [3.63, 3.8) is 0 Å². The van der Waals surface area contributed by atoms with Crippen molar-refractivity contribution in [1.82, 2.24) is 0 Å². The Morgan fingerprint density at radius 3 is 1.86 bits per heavy atom. The van der Waals surface area contributed by atoms with Crippen molar-refractivity contribution in [2.24, 2.45) is 0 Å². The van der Waals surface area contributed by atoms with Crippen molar-refractivity contribution in [3.8, 4) is 17.2 Å². The van der Waals surface area contributed by atoms with Crippen molar-refractivity contribution in [2.75, 3.05) is 27.9 Å². The van der Waals surface area contributed by atoms with Gasteiger partial charge in [0.05, 0.1) is 26.9 Å². The van der Waals surface area contributed by atoms with Gasteiger partial charge < -0.3 is 18.9 Å². The highest BCUT2D eigenvalue weighted by molar-refractivity contribution is 6.02. The van der Waals surface area contributed by atoms with E-state index in [2.05, 4.69) is 0 Å². The van der Waals surface area contributed by atoms with Gasteiger partial charge in [-0.05, 0) is 62.1 Å². The third-order valence-corrected chi connectivity index (χ3v) is 4.87. The molecule has 0 heterocycles. The van der Waals surface area contributed by atoms with E-state index in [1.54, 1.807) is 0 Å². The molecule has 0 saturated heterocycles. The molecule has 2 rings (SSSR count). The number of carbonyl (C=O) groups is 2. The van der Waals surface area contributed by atoms with Crippen LogP contribution in [0.15, 0.2) is 18.2 Å². The summed E-state index contributed by atoms with van der Waals surface area (Å²) in [7, 11) is 4.40. The first-order valence-electron chi connectivity index (χ1n) is 8.82. The van der Waals surface area contributed by atoms with E-state index in [0.717, 1.165) is 22.3 Å². The third kappa shape index (κ3) is 4.11. The number of aryl methyl sites for hydroxylation is 2. The van der Waals surface area contributed by atoms with Crippen LogP contribution in [-0.4, -0.2) is 39.7 Å². The van der Waals surface area contributed by atoms with Crippen LogP contribution in [0.5, 0.6) is 17.2 Å². The molecule has 6 heteroatoms. The van der Waals surface area contributed by atoms with Crippen molar-refractivity contribution in [3.05, 3.63) is 51.6 Å². The molecule has 150 valence electrons. The molecule has 0 N–H and O–H groups in total. The van der Waals surface area contributed by atoms with Gasteiger partial charge in [0.25, 0.3) is 0 Å². The first-order valence-corrected chi connectivity index (χ1v) is 8.82. The monoisotopic (exact) mass is 386 g/mol. The Kier molecular flexibility index (Phi) is 6.67. The second-order valence-corrected chi connectivity index (χ2v) is 6.55. The average molecular weight is 386 g/mol. The summed E-state index contributed by atoms with van der Waals surface area (Å²) >= 11 is 0. The number of Topliss-reactive ketones (excluding diaryl/α,β-unsaturated/α-hetero) is 1. The number of methoxy groups -OCH3 is 3. The summed E-state index contributed by atoms with van der Waals surface area (Å²) in [6.45, 7) is 7.42. The molecule has 0 aliphatic carbocycles. The lowest BCUT2D eigenvalue weighted by molar-refractivity contribution is 0.0473. The van der Waals surface area contributed by atoms with Gasteiger partial charge in [-0.25, -0.2) is 4.79 Å². The molecule has 0 unspecified atom stereocenters. The minimum absolute atomic E-state index is 0.204. The Bertz CT molecular complexity index is 889. The van der Waals surface area contributed by atoms with Crippen LogP contribution >= 0.6 is 0 Å². The number of ketones is 1. The number of hydrogen-bond acceptors (Lipinski definition) is 6. The maximum atomic E-state index is 12.7. The van der Waals surface area contributed by atoms with Gasteiger partial charge in [-0.1, -0.05) is 6.07 Å². The Morgan fingerprint density at radius 1 is 0.786 bits per heavy atom. The maximum absolute atomic E-state index is 12.7. The molecule has 0 aromatic heterocycles. The molecule has 0 atom stereocenters. The normalized spacial score (nSPS) is 10.4. The van der Waals surface area contributed by atoms with E-state index in [4.69, 9.17) is 18.9 Å². The van der Waals surface area contributed by atoms with E-state index in [-0.39, 0.29) is 18.0 Å². The fourth-order valence-corrected chi connectivity index (χ4v) is 3.20. The molecule has 0 fully saturated rings. The number of rotatable bonds is 7. The molecule has 0 bridgehead atoms. The van der Waals surface area contributed by atoms with Crippen molar-refractivity contribution in [2.45, 2.75) is 27.7 Å². The van der Waals surface area contributed by atoms with Crippen molar-refractivity contribution < 1.29 is 28.5 Å². The van der Waals surface area contributed by atoms with Crippen LogP contribution < -0.4 is 14.2 Å². The fraction of sp³-hybridized carbons (Fsp3) is 0.364. The summed E-state index contributed by atoms with van der Waals surface area (Å²) in [4.78, 5) is 25.2. The summed E-state index contributed by atoms with van der Waals surface area (Å²) in [6, 6.07) is 4.94. The van der Waals surface area contributed by atoms with E-state index in [9.17, 15) is 9.59 Å². The molecule has 0 aliphatic heterocycles. The highest BCUT2D eigenvalue weighted by Gasteiger charge is 2.20. The molecule has 28 heavy (non-hydrogen) atoms. The van der Waals surface area contributed by atoms with E-state index in [0.29, 0.717) is 22.8 Å². The Labute approximate surface area is 165 Å². The second-order valence-electron chi connectivity index (χ2n) is 6.55. The molecule has 0 saturated carbocycles. The number of esters is 1. The summed E-state index contributed by atoms with van der Waals surface area (Å²) in [5.41, 5.74) is 4.77. The van der Waals surface area contributed by atoms with E-state index >= 15 is 0 Å². The molecule has 2 aromatic carbocycles. The van der Waals surface area contributed by atoms with Crippen LogP contribution in [0.1, 0.15) is 43.0 Å². The number of benzene rings is 2. The summed E-state index contributed by atoms with van der Waals surface area (Å²) < 4.78 is 21.0. The van der Waals surface area contributed by atoms with Gasteiger partial charge in [0.15, 0.2) is 18.1 Å². The minimum atomic E-state index is -0.647. The van der Waals surface area contributed by atoms with Gasteiger partial charge in [0.1, 0.15) is 0 Å². The molecular formula is C22H26O6. The molecule has 6 nitrogen and oxygen atoms in total. The quantitative estimate of drug-likeness (QED) is 0.529. The zero-order chi connectivity index (χ0) is 21.0. The van der Waals surface area contributed by atoms with E-state index < -0.39 is 5.97 Å². The Morgan fingerprint density at radius 2 is 1.36 bits per heavy atom. The lowest BCUT2D eigenvalue weighted by Gasteiger charge is -2.15. The standard InChI is InChI=1S/C22H26O6/c1-12-8-13(2)20(15(4)14(12)3)17(23)11-28-22(24)16-9-18(25-5)21(27-7)19(10-16)26-6/h8-10H,11H2,1-7H3. The maximum Gasteiger partial charge on any atom is 0.338 e. The summed E-state index contributed by atoms with van der Waals surface area (Å²) in [6.07, 6.45) is 0. The first kappa shape index (κ1) is 21.3. The first-order chi connectivity index (χ1) is 13.2. The molecule has 0 spiro atoms. The second kappa shape index (κ2) is 8.78. The van der Waals surface area contributed by atoms with Gasteiger partial charge in [0.2, 0.25) is 11.5 Å². The minimum Gasteiger partial charge on any atom is -0.493 e. The van der Waals surface area contributed by atoms with Gasteiger partial charge in [-0.15, -0.1) is 0 Å². The molecular weight excluding hydrogens is 360 g/mol. The lowest BCUT2D eigenvalue weighted by Crippen LogP contribution is -2.17. The van der Waals surface area contributed by atoms with Gasteiger partial charge in [-0.3, -0.25) is 4.79 Å². The fourth-order valence-electron chi connectivity index (χ4n) is 3.20. The zero-order valence-corrected chi connectivity index (χ0v) is 17.4. The third-order valence-electron chi connectivity index (χ3n) is 4.87. The Hall–Kier alpha value is -3.02. The Balaban J connectivity index is 2.23. The van der Waals surface area contributed by atoms with E-state index in [1.807, 2.05) is 33.8 Å². The van der Waals surface area contributed by atoms with E-state index in [1.165, 1.54) is 33.5 Å². The van der Waals surface area contributed by atoms with Crippen molar-refractivity contribution >= 4 is 11.8 Å². The van der Waals surface area contributed by atoms with Gasteiger partial charge in [0, 0.05) is 5.56 Å². The van der Waals surface area contributed by atoms with Crippen molar-refractivity contribution in [1.29, 1.82) is 0 Å². The van der Waals surface area contributed by atoms with Gasteiger partial charge >= 0.3 is 5.97 Å². The van der Waals surface area contributed by atoms with Crippen LogP contribution in [0.2, 0.25) is 0 Å². The number of hydrogen-bond donors (Lipinski definition) is 0. The SMILES string of the molecule is COc1cc(C(=O)OCC(=O)c2c(C)cc(C)c(C)c2C)cc(OC)c1OC. The average Bonchev–Trinajstić information content (AvgIpc) is 2.68. The van der Waals surface area contributed by atoms with Gasteiger partial charge in [-0.2, -0.15) is 0 Å². The predicted octanol–water partition coefficient (Wildman–Crippen LogP) is 3.99. The molecule has 0 radical (unpaired) electrons. The predicted molar refractivity (Wildman–Crippen MR) is 106 cm³/mol. The highest BCUT2D eigenvalue weighted by Crippen LogP contribution is 2.38. The number of carbonyl (C=O) groups excluding carboxylic acids is 2. The topological polar surface area (TPSA) is 71.1 Å². The van der Waals surface area contributed by atoms with Crippen LogP contribution in [0.25, 0.3) is 0 Å². The summed E-state index contributed by atoms with van der Waals surface area (Å²) in [5, 5.41) is 0. The van der Waals surface area contributed by atoms with Crippen LogP contribution in [-0.2, 0) is 4.74 Å². The molecule has 2 aromatic rings.